The Labute approximate surface area is 110 Å². The second-order valence-corrected chi connectivity index (χ2v) is 5.77. The zero-order valence-corrected chi connectivity index (χ0v) is 11.5. The first-order valence-electron chi connectivity index (χ1n) is 5.83. The number of nitrogens with one attached hydrogen (secondary N) is 1. The number of rotatable bonds is 4. The average molecular weight is 297 g/mol. The van der Waals surface area contributed by atoms with E-state index < -0.39 is 0 Å². The molecule has 0 bridgehead atoms. The van der Waals surface area contributed by atoms with Crippen molar-refractivity contribution in [2.45, 2.75) is 25.3 Å². The fourth-order valence-corrected chi connectivity index (χ4v) is 2.24. The third-order valence-corrected chi connectivity index (χ3v) is 3.94. The Kier molecular flexibility index (Phi) is 3.54. The van der Waals surface area contributed by atoms with Crippen molar-refractivity contribution >= 4 is 21.8 Å². The van der Waals surface area contributed by atoms with Crippen molar-refractivity contribution in [3.63, 3.8) is 0 Å². The smallest absolute Gasteiger partial charge is 0.251 e. The predicted octanol–water partition coefficient (Wildman–Crippen LogP) is 2.31. The van der Waals surface area contributed by atoms with E-state index in [9.17, 15) is 4.79 Å². The van der Waals surface area contributed by atoms with Gasteiger partial charge in [-0.3, -0.25) is 4.79 Å². The Morgan fingerprint density at radius 2 is 2.06 bits per heavy atom. The molecular weight excluding hydrogens is 280 g/mol. The van der Waals surface area contributed by atoms with Crippen LogP contribution in [0.25, 0.3) is 0 Å². The van der Waals surface area contributed by atoms with Gasteiger partial charge < -0.3 is 11.1 Å². The van der Waals surface area contributed by atoms with Gasteiger partial charge in [-0.2, -0.15) is 0 Å². The van der Waals surface area contributed by atoms with Crippen molar-refractivity contribution < 1.29 is 4.79 Å². The molecule has 4 heteroatoms. The van der Waals surface area contributed by atoms with Crippen LogP contribution in [0.3, 0.4) is 0 Å². The summed E-state index contributed by atoms with van der Waals surface area (Å²) in [6.07, 6.45) is 2.32. The largest absolute Gasteiger partial charge is 0.345 e. The number of benzene rings is 1. The van der Waals surface area contributed by atoms with E-state index in [1.165, 1.54) is 0 Å². The van der Waals surface area contributed by atoms with E-state index in [2.05, 4.69) is 21.2 Å². The summed E-state index contributed by atoms with van der Waals surface area (Å²) in [5, 5.41) is 3.06. The number of nitrogens with two attached hydrogens (primary N) is 1. The summed E-state index contributed by atoms with van der Waals surface area (Å²) in [7, 11) is 0. The van der Waals surface area contributed by atoms with Gasteiger partial charge in [0.25, 0.3) is 5.91 Å². The summed E-state index contributed by atoms with van der Waals surface area (Å²) < 4.78 is 0.970. The Morgan fingerprint density at radius 1 is 1.47 bits per heavy atom. The molecule has 0 saturated heterocycles. The average Bonchev–Trinajstić information content (AvgIpc) is 3.13. The molecule has 17 heavy (non-hydrogen) atoms. The summed E-state index contributed by atoms with van der Waals surface area (Å²) in [5.74, 6) is 0.490. The van der Waals surface area contributed by atoms with Gasteiger partial charge in [-0.15, -0.1) is 0 Å². The summed E-state index contributed by atoms with van der Waals surface area (Å²) in [4.78, 5) is 12.1. The summed E-state index contributed by atoms with van der Waals surface area (Å²) in [6, 6.07) is 7.35. The van der Waals surface area contributed by atoms with Gasteiger partial charge in [0.05, 0.1) is 5.54 Å². The van der Waals surface area contributed by atoms with Crippen LogP contribution >= 0.6 is 15.9 Å². The Morgan fingerprint density at radius 3 is 2.53 bits per heavy atom. The minimum atomic E-state index is -0.260. The molecule has 0 heterocycles. The zero-order valence-electron chi connectivity index (χ0n) is 9.87. The lowest BCUT2D eigenvalue weighted by molar-refractivity contribution is 0.0898. The monoisotopic (exact) mass is 296 g/mol. The molecule has 0 spiro atoms. The van der Waals surface area contributed by atoms with Gasteiger partial charge in [0.1, 0.15) is 0 Å². The fraction of sp³-hybridized carbons (Fsp3) is 0.462. The van der Waals surface area contributed by atoms with Gasteiger partial charge in [-0.05, 0) is 49.9 Å². The molecule has 2 rings (SSSR count). The molecule has 1 aromatic carbocycles. The Bertz CT molecular complexity index is 414. The summed E-state index contributed by atoms with van der Waals surface area (Å²) >= 11 is 3.35. The maximum Gasteiger partial charge on any atom is 0.251 e. The second kappa shape index (κ2) is 4.78. The zero-order chi connectivity index (χ0) is 12.5. The van der Waals surface area contributed by atoms with E-state index >= 15 is 0 Å². The topological polar surface area (TPSA) is 55.1 Å². The van der Waals surface area contributed by atoms with Crippen LogP contribution in [0.4, 0.5) is 0 Å². The quantitative estimate of drug-likeness (QED) is 0.896. The van der Waals surface area contributed by atoms with E-state index in [-0.39, 0.29) is 11.4 Å². The van der Waals surface area contributed by atoms with Crippen molar-refractivity contribution in [2.24, 2.45) is 11.7 Å². The molecule has 0 aromatic heterocycles. The molecule has 3 N–H and O–H groups in total. The first kappa shape index (κ1) is 12.6. The van der Waals surface area contributed by atoms with Gasteiger partial charge >= 0.3 is 0 Å². The number of carbonyl (C=O) groups is 1. The van der Waals surface area contributed by atoms with Crippen LogP contribution in [-0.2, 0) is 0 Å². The highest BCUT2D eigenvalue weighted by atomic mass is 79.9. The van der Waals surface area contributed by atoms with Crippen LogP contribution in [-0.4, -0.2) is 18.0 Å². The van der Waals surface area contributed by atoms with Gasteiger partial charge in [-0.25, -0.2) is 0 Å². The highest BCUT2D eigenvalue weighted by Gasteiger charge is 2.41. The molecule has 1 amide bonds. The van der Waals surface area contributed by atoms with Crippen LogP contribution in [0.5, 0.6) is 0 Å². The van der Waals surface area contributed by atoms with Crippen molar-refractivity contribution in [1.29, 1.82) is 0 Å². The van der Waals surface area contributed by atoms with Crippen LogP contribution in [0.1, 0.15) is 30.1 Å². The van der Waals surface area contributed by atoms with E-state index in [4.69, 9.17) is 5.73 Å². The van der Waals surface area contributed by atoms with E-state index in [1.807, 2.05) is 31.2 Å². The lowest BCUT2D eigenvalue weighted by Crippen LogP contribution is -2.53. The van der Waals surface area contributed by atoms with Crippen molar-refractivity contribution in [2.75, 3.05) is 6.54 Å². The Balaban J connectivity index is 2.07. The Hall–Kier alpha value is -0.870. The molecule has 1 unspecified atom stereocenters. The van der Waals surface area contributed by atoms with Gasteiger partial charge in [0.2, 0.25) is 0 Å². The third-order valence-electron chi connectivity index (χ3n) is 3.41. The van der Waals surface area contributed by atoms with E-state index in [0.717, 1.165) is 17.3 Å². The van der Waals surface area contributed by atoms with Gasteiger partial charge in [-0.1, -0.05) is 15.9 Å². The van der Waals surface area contributed by atoms with Crippen LogP contribution in [0, 0.1) is 5.92 Å². The highest BCUT2D eigenvalue weighted by Crippen LogP contribution is 2.39. The second-order valence-electron chi connectivity index (χ2n) is 4.86. The first-order valence-corrected chi connectivity index (χ1v) is 6.62. The van der Waals surface area contributed by atoms with Gasteiger partial charge in [0.15, 0.2) is 0 Å². The lowest BCUT2D eigenvalue weighted by atomic mass is 9.95. The summed E-state index contributed by atoms with van der Waals surface area (Å²) in [6.45, 7) is 2.52. The molecule has 1 aromatic rings. The number of hydrogen-bond acceptors (Lipinski definition) is 2. The standard InChI is InChI=1S/C13H17BrN2O/c1-13(8-15,10-4-5-10)16-12(17)9-2-6-11(14)7-3-9/h2-3,6-7,10H,4-5,8,15H2,1H3,(H,16,17). The molecule has 92 valence electrons. The van der Waals surface area contributed by atoms with E-state index in [1.54, 1.807) is 0 Å². The lowest BCUT2D eigenvalue weighted by Gasteiger charge is -2.29. The molecule has 1 aliphatic carbocycles. The SMILES string of the molecule is CC(CN)(NC(=O)c1ccc(Br)cc1)C1CC1. The predicted molar refractivity (Wildman–Crippen MR) is 71.8 cm³/mol. The fourth-order valence-electron chi connectivity index (χ4n) is 1.97. The minimum Gasteiger partial charge on any atom is -0.345 e. The maximum absolute atomic E-state index is 12.1. The normalized spacial score (nSPS) is 18.5. The number of hydrogen-bond donors (Lipinski definition) is 2. The third kappa shape index (κ3) is 2.87. The molecule has 0 radical (unpaired) electrons. The molecule has 1 fully saturated rings. The first-order chi connectivity index (χ1) is 8.05. The molecule has 0 aliphatic heterocycles. The highest BCUT2D eigenvalue weighted by molar-refractivity contribution is 9.10. The van der Waals surface area contributed by atoms with Crippen LogP contribution in [0.2, 0.25) is 0 Å². The molecule has 1 saturated carbocycles. The molecule has 3 nitrogen and oxygen atoms in total. The molecule has 1 aliphatic rings. The number of halogens is 1. The van der Waals surface area contributed by atoms with Crippen molar-refractivity contribution in [3.05, 3.63) is 34.3 Å². The number of amides is 1. The van der Waals surface area contributed by atoms with Crippen molar-refractivity contribution in [1.82, 2.24) is 5.32 Å². The van der Waals surface area contributed by atoms with Crippen molar-refractivity contribution in [3.8, 4) is 0 Å². The van der Waals surface area contributed by atoms with E-state index in [0.29, 0.717) is 18.0 Å². The molecular formula is C13H17BrN2O. The van der Waals surface area contributed by atoms with Crippen LogP contribution < -0.4 is 11.1 Å². The summed E-state index contributed by atoms with van der Waals surface area (Å²) in [5.41, 5.74) is 6.19. The molecule has 1 atom stereocenters. The van der Waals surface area contributed by atoms with Crippen LogP contribution in [0.15, 0.2) is 28.7 Å². The maximum atomic E-state index is 12.1. The minimum absolute atomic E-state index is 0.0441. The van der Waals surface area contributed by atoms with Gasteiger partial charge in [0, 0.05) is 16.6 Å². The number of carbonyl (C=O) groups excluding carboxylic acids is 1.